The van der Waals surface area contributed by atoms with Gasteiger partial charge in [0.05, 0.1) is 5.54 Å². The van der Waals surface area contributed by atoms with Crippen LogP contribution in [0.5, 0.6) is 0 Å². The minimum Gasteiger partial charge on any atom is -0.369 e. The summed E-state index contributed by atoms with van der Waals surface area (Å²) in [4.78, 5) is 24.9. The third-order valence-corrected chi connectivity index (χ3v) is 2.66. The van der Waals surface area contributed by atoms with Crippen LogP contribution in [0.1, 0.15) is 26.1 Å². The molecule has 2 rings (SSSR count). The fourth-order valence-corrected chi connectivity index (χ4v) is 1.36. The zero-order valence-corrected chi connectivity index (χ0v) is 9.16. The Labute approximate surface area is 91.3 Å². The van der Waals surface area contributed by atoms with Gasteiger partial charge in [0.2, 0.25) is 5.95 Å². The second kappa shape index (κ2) is 3.31. The topological polar surface area (TPSA) is 126 Å². The molecular formula is C9H14N6O. The van der Waals surface area contributed by atoms with Crippen LogP contribution in [0.15, 0.2) is 4.79 Å². The van der Waals surface area contributed by atoms with E-state index in [0.29, 0.717) is 23.4 Å². The third kappa shape index (κ3) is 1.54. The monoisotopic (exact) mass is 222 g/mol. The fourth-order valence-electron chi connectivity index (χ4n) is 1.36. The number of hydrogen-bond donors (Lipinski definition) is 4. The van der Waals surface area contributed by atoms with E-state index in [1.807, 2.05) is 13.8 Å². The van der Waals surface area contributed by atoms with Crippen molar-refractivity contribution < 1.29 is 0 Å². The van der Waals surface area contributed by atoms with Gasteiger partial charge >= 0.3 is 0 Å². The van der Waals surface area contributed by atoms with Crippen molar-refractivity contribution >= 4 is 17.1 Å². The average Bonchev–Trinajstić information content (AvgIpc) is 2.62. The molecule has 0 aliphatic carbocycles. The zero-order chi connectivity index (χ0) is 11.9. The fraction of sp³-hybridized carbons (Fsp3) is 0.444. The Kier molecular flexibility index (Phi) is 2.20. The predicted octanol–water partition coefficient (Wildman–Crippen LogP) is -0.188. The van der Waals surface area contributed by atoms with Gasteiger partial charge in [-0.05, 0) is 13.3 Å². The first-order chi connectivity index (χ1) is 7.44. The lowest BCUT2D eigenvalue weighted by Gasteiger charge is -2.18. The number of hydrogen-bond acceptors (Lipinski definition) is 5. The van der Waals surface area contributed by atoms with Crippen molar-refractivity contribution in [3.05, 3.63) is 16.2 Å². The maximum absolute atomic E-state index is 11.5. The van der Waals surface area contributed by atoms with Crippen LogP contribution in [0.2, 0.25) is 0 Å². The summed E-state index contributed by atoms with van der Waals surface area (Å²) in [5, 5.41) is 0. The van der Waals surface area contributed by atoms with Gasteiger partial charge in [-0.25, -0.2) is 4.98 Å². The van der Waals surface area contributed by atoms with E-state index >= 15 is 0 Å². The molecule has 1 atom stereocenters. The van der Waals surface area contributed by atoms with Gasteiger partial charge in [0, 0.05) is 0 Å². The van der Waals surface area contributed by atoms with Gasteiger partial charge in [0.15, 0.2) is 11.2 Å². The van der Waals surface area contributed by atoms with Gasteiger partial charge in [0.1, 0.15) is 5.82 Å². The molecule has 0 aliphatic heterocycles. The van der Waals surface area contributed by atoms with E-state index in [1.165, 1.54) is 0 Å². The van der Waals surface area contributed by atoms with E-state index in [2.05, 4.69) is 19.9 Å². The van der Waals surface area contributed by atoms with E-state index in [4.69, 9.17) is 11.5 Å². The molecule has 2 heterocycles. The number of aromatic amines is 2. The number of rotatable bonds is 2. The Morgan fingerprint density at radius 2 is 2.06 bits per heavy atom. The largest absolute Gasteiger partial charge is 0.369 e. The Bertz CT molecular complexity index is 581. The first-order valence-corrected chi connectivity index (χ1v) is 4.99. The second-order valence-electron chi connectivity index (χ2n) is 4.01. The number of anilines is 1. The second-order valence-corrected chi connectivity index (χ2v) is 4.01. The summed E-state index contributed by atoms with van der Waals surface area (Å²) in [5.41, 5.74) is 11.1. The SMILES string of the molecule is CCC(C)(N)c1nc2nc(N)[nH]c(=O)c2[nH]1. The molecule has 2 aromatic heterocycles. The lowest BCUT2D eigenvalue weighted by atomic mass is 10.0. The van der Waals surface area contributed by atoms with Crippen molar-refractivity contribution in [2.24, 2.45) is 5.73 Å². The van der Waals surface area contributed by atoms with Crippen LogP contribution >= 0.6 is 0 Å². The first-order valence-electron chi connectivity index (χ1n) is 4.99. The number of aromatic nitrogens is 4. The molecular weight excluding hydrogens is 208 g/mol. The van der Waals surface area contributed by atoms with E-state index in [0.717, 1.165) is 0 Å². The molecule has 86 valence electrons. The predicted molar refractivity (Wildman–Crippen MR) is 60.8 cm³/mol. The Morgan fingerprint density at radius 1 is 1.38 bits per heavy atom. The molecule has 0 spiro atoms. The molecule has 0 fully saturated rings. The lowest BCUT2D eigenvalue weighted by Crippen LogP contribution is -2.33. The zero-order valence-electron chi connectivity index (χ0n) is 9.16. The number of H-pyrrole nitrogens is 2. The highest BCUT2D eigenvalue weighted by molar-refractivity contribution is 5.70. The summed E-state index contributed by atoms with van der Waals surface area (Å²) in [6.45, 7) is 3.78. The van der Waals surface area contributed by atoms with Gasteiger partial charge in [-0.3, -0.25) is 9.78 Å². The number of nitrogens with zero attached hydrogens (tertiary/aromatic N) is 2. The van der Waals surface area contributed by atoms with Crippen molar-refractivity contribution in [3.63, 3.8) is 0 Å². The van der Waals surface area contributed by atoms with Gasteiger partial charge in [-0.15, -0.1) is 0 Å². The van der Waals surface area contributed by atoms with Crippen molar-refractivity contribution in [3.8, 4) is 0 Å². The average molecular weight is 222 g/mol. The maximum atomic E-state index is 11.5. The molecule has 0 bridgehead atoms. The van der Waals surface area contributed by atoms with Gasteiger partial charge < -0.3 is 16.5 Å². The summed E-state index contributed by atoms with van der Waals surface area (Å²) in [6, 6.07) is 0. The summed E-state index contributed by atoms with van der Waals surface area (Å²) >= 11 is 0. The van der Waals surface area contributed by atoms with Gasteiger partial charge in [-0.1, -0.05) is 6.92 Å². The molecule has 0 radical (unpaired) electrons. The highest BCUT2D eigenvalue weighted by Gasteiger charge is 2.23. The number of nitrogen functional groups attached to an aromatic ring is 1. The molecule has 16 heavy (non-hydrogen) atoms. The van der Waals surface area contributed by atoms with Gasteiger partial charge in [0.25, 0.3) is 5.56 Å². The van der Waals surface area contributed by atoms with Crippen molar-refractivity contribution in [1.82, 2.24) is 19.9 Å². The summed E-state index contributed by atoms with van der Waals surface area (Å²) in [5.74, 6) is 0.583. The smallest absolute Gasteiger partial charge is 0.278 e. The van der Waals surface area contributed by atoms with Crippen LogP contribution < -0.4 is 17.0 Å². The Hall–Kier alpha value is -1.89. The lowest BCUT2D eigenvalue weighted by molar-refractivity contribution is 0.451. The Morgan fingerprint density at radius 3 is 2.69 bits per heavy atom. The van der Waals surface area contributed by atoms with Crippen molar-refractivity contribution in [2.45, 2.75) is 25.8 Å². The quantitative estimate of drug-likeness (QED) is 0.560. The third-order valence-electron chi connectivity index (χ3n) is 2.66. The first kappa shape index (κ1) is 10.6. The number of imidazole rings is 1. The van der Waals surface area contributed by atoms with Crippen molar-refractivity contribution in [1.29, 1.82) is 0 Å². The van der Waals surface area contributed by atoms with E-state index < -0.39 is 5.54 Å². The molecule has 0 amide bonds. The molecule has 6 N–H and O–H groups in total. The molecule has 0 aliphatic rings. The van der Waals surface area contributed by atoms with Gasteiger partial charge in [-0.2, -0.15) is 4.98 Å². The molecule has 0 saturated carbocycles. The van der Waals surface area contributed by atoms with Crippen LogP contribution in [0, 0.1) is 0 Å². The molecule has 7 nitrogen and oxygen atoms in total. The molecule has 0 aromatic carbocycles. The van der Waals surface area contributed by atoms with Crippen LogP contribution in [0.3, 0.4) is 0 Å². The van der Waals surface area contributed by atoms with E-state index in [1.54, 1.807) is 0 Å². The van der Waals surface area contributed by atoms with Crippen LogP contribution in [-0.2, 0) is 5.54 Å². The van der Waals surface area contributed by atoms with E-state index in [9.17, 15) is 4.79 Å². The highest BCUT2D eigenvalue weighted by Crippen LogP contribution is 2.19. The summed E-state index contributed by atoms with van der Waals surface area (Å²) < 4.78 is 0. The number of nitrogens with one attached hydrogen (secondary N) is 2. The maximum Gasteiger partial charge on any atom is 0.278 e. The van der Waals surface area contributed by atoms with Crippen molar-refractivity contribution in [2.75, 3.05) is 5.73 Å². The normalized spacial score (nSPS) is 15.2. The van der Waals surface area contributed by atoms with Crippen LogP contribution in [0.4, 0.5) is 5.95 Å². The number of fused-ring (bicyclic) bond motifs is 1. The molecule has 2 aromatic rings. The molecule has 0 saturated heterocycles. The molecule has 1 unspecified atom stereocenters. The van der Waals surface area contributed by atoms with Crippen LogP contribution in [-0.4, -0.2) is 19.9 Å². The molecule has 7 heteroatoms. The minimum absolute atomic E-state index is 0.0470. The standard InChI is InChI=1S/C9H14N6O/c1-3-9(2,11)7-12-4-5(13-7)14-8(10)15-6(4)16/h3,11H2,1-2H3,(H4,10,12,13,14,15,16). The number of nitrogens with two attached hydrogens (primary N) is 2. The summed E-state index contributed by atoms with van der Waals surface area (Å²) in [7, 11) is 0. The van der Waals surface area contributed by atoms with E-state index in [-0.39, 0.29) is 11.5 Å². The summed E-state index contributed by atoms with van der Waals surface area (Å²) in [6.07, 6.45) is 0.695. The minimum atomic E-state index is -0.609. The Balaban J connectivity index is 2.70. The highest BCUT2D eigenvalue weighted by atomic mass is 16.1. The van der Waals surface area contributed by atoms with Crippen LogP contribution in [0.25, 0.3) is 11.2 Å².